The largest absolute Gasteiger partial charge is 0.508 e. The highest BCUT2D eigenvalue weighted by Gasteiger charge is 2.31. The summed E-state index contributed by atoms with van der Waals surface area (Å²) in [5.41, 5.74) is 0.860. The van der Waals surface area contributed by atoms with E-state index in [1.165, 1.54) is 18.4 Å². The highest BCUT2D eigenvalue weighted by atomic mass is 16.5. The molecule has 134 valence electrons. The maximum Gasteiger partial charge on any atom is 0.204 e. The van der Waals surface area contributed by atoms with Gasteiger partial charge in [0.1, 0.15) is 34.3 Å². The molecule has 2 heterocycles. The Morgan fingerprint density at radius 1 is 1.04 bits per heavy atom. The number of rotatable bonds is 1. The molecule has 3 aromatic rings. The summed E-state index contributed by atoms with van der Waals surface area (Å²) in [5, 5.41) is 29.8. The molecule has 3 N–H and O–H groups in total. The van der Waals surface area contributed by atoms with Gasteiger partial charge in [-0.25, -0.2) is 0 Å². The van der Waals surface area contributed by atoms with Crippen LogP contribution in [0.5, 0.6) is 23.0 Å². The van der Waals surface area contributed by atoms with Crippen LogP contribution in [0.4, 0.5) is 0 Å². The van der Waals surface area contributed by atoms with Crippen LogP contribution in [0.15, 0.2) is 39.7 Å². The van der Waals surface area contributed by atoms with Gasteiger partial charge in [-0.3, -0.25) is 4.79 Å². The molecule has 1 aliphatic rings. The molecule has 0 bridgehead atoms. The van der Waals surface area contributed by atoms with Crippen molar-refractivity contribution in [2.24, 2.45) is 0 Å². The second-order valence-electron chi connectivity index (χ2n) is 7.12. The SMILES string of the molecule is CC1(C)CCc2c(-c3coc4cc(O)cc(O)c4c3=O)ccc(O)c2O1. The summed E-state index contributed by atoms with van der Waals surface area (Å²) in [6.45, 7) is 3.88. The van der Waals surface area contributed by atoms with E-state index in [1.54, 1.807) is 6.07 Å². The number of phenolic OH excluding ortho intramolecular Hbond substituents is 3. The zero-order chi connectivity index (χ0) is 18.6. The first-order chi connectivity index (χ1) is 12.3. The summed E-state index contributed by atoms with van der Waals surface area (Å²) < 4.78 is 11.4. The van der Waals surface area contributed by atoms with Crippen LogP contribution in [0.1, 0.15) is 25.8 Å². The molecule has 6 heteroatoms. The molecule has 0 saturated carbocycles. The van der Waals surface area contributed by atoms with E-state index in [2.05, 4.69) is 0 Å². The number of hydrogen-bond acceptors (Lipinski definition) is 6. The van der Waals surface area contributed by atoms with E-state index < -0.39 is 11.0 Å². The predicted molar refractivity (Wildman–Crippen MR) is 95.9 cm³/mol. The summed E-state index contributed by atoms with van der Waals surface area (Å²) >= 11 is 0. The fraction of sp³-hybridized carbons (Fsp3) is 0.250. The van der Waals surface area contributed by atoms with Crippen molar-refractivity contribution < 1.29 is 24.5 Å². The molecular formula is C20H18O6. The minimum Gasteiger partial charge on any atom is -0.508 e. The van der Waals surface area contributed by atoms with Crippen LogP contribution in [0.3, 0.4) is 0 Å². The normalized spacial score (nSPS) is 15.5. The van der Waals surface area contributed by atoms with Gasteiger partial charge in [-0.1, -0.05) is 0 Å². The summed E-state index contributed by atoms with van der Waals surface area (Å²) in [7, 11) is 0. The molecule has 0 spiro atoms. The van der Waals surface area contributed by atoms with Crippen LogP contribution in [0.2, 0.25) is 0 Å². The minimum atomic E-state index is -0.415. The van der Waals surface area contributed by atoms with E-state index in [4.69, 9.17) is 9.15 Å². The molecule has 0 radical (unpaired) electrons. The van der Waals surface area contributed by atoms with Gasteiger partial charge in [0, 0.05) is 17.7 Å². The lowest BCUT2D eigenvalue weighted by Crippen LogP contribution is -2.32. The van der Waals surface area contributed by atoms with Gasteiger partial charge in [0.2, 0.25) is 5.43 Å². The monoisotopic (exact) mass is 354 g/mol. The topological polar surface area (TPSA) is 100 Å². The van der Waals surface area contributed by atoms with Crippen molar-refractivity contribution in [1.82, 2.24) is 0 Å². The van der Waals surface area contributed by atoms with Crippen molar-refractivity contribution >= 4 is 11.0 Å². The van der Waals surface area contributed by atoms with Crippen LogP contribution in [-0.2, 0) is 6.42 Å². The van der Waals surface area contributed by atoms with Gasteiger partial charge in [0.25, 0.3) is 0 Å². The first kappa shape index (κ1) is 16.3. The van der Waals surface area contributed by atoms with Crippen molar-refractivity contribution in [3.63, 3.8) is 0 Å². The van der Waals surface area contributed by atoms with Crippen molar-refractivity contribution in [3.05, 3.63) is 46.3 Å². The summed E-state index contributed by atoms with van der Waals surface area (Å²) in [6.07, 6.45) is 2.66. The summed E-state index contributed by atoms with van der Waals surface area (Å²) in [5.74, 6) is -0.146. The van der Waals surface area contributed by atoms with Crippen molar-refractivity contribution in [2.45, 2.75) is 32.3 Å². The molecule has 4 rings (SSSR count). The van der Waals surface area contributed by atoms with E-state index in [1.807, 2.05) is 13.8 Å². The third-order valence-electron chi connectivity index (χ3n) is 4.73. The number of ether oxygens (including phenoxy) is 1. The van der Waals surface area contributed by atoms with Gasteiger partial charge >= 0.3 is 0 Å². The first-order valence-electron chi connectivity index (χ1n) is 8.28. The molecule has 6 nitrogen and oxygen atoms in total. The molecule has 0 unspecified atom stereocenters. The molecule has 2 aromatic carbocycles. The molecule has 26 heavy (non-hydrogen) atoms. The highest BCUT2D eigenvalue weighted by Crippen LogP contribution is 2.44. The number of aromatic hydroxyl groups is 3. The Hall–Kier alpha value is -3.15. The predicted octanol–water partition coefficient (Wildman–Crippen LogP) is 3.68. The van der Waals surface area contributed by atoms with Gasteiger partial charge in [-0.2, -0.15) is 0 Å². The Labute approximate surface area is 148 Å². The third kappa shape index (κ3) is 2.45. The Morgan fingerprint density at radius 3 is 2.58 bits per heavy atom. The van der Waals surface area contributed by atoms with Gasteiger partial charge in [0.15, 0.2) is 11.5 Å². The van der Waals surface area contributed by atoms with E-state index in [0.717, 1.165) is 18.1 Å². The van der Waals surface area contributed by atoms with Gasteiger partial charge in [-0.15, -0.1) is 0 Å². The Kier molecular flexibility index (Phi) is 3.41. The third-order valence-corrected chi connectivity index (χ3v) is 4.73. The van der Waals surface area contributed by atoms with Crippen LogP contribution in [0.25, 0.3) is 22.1 Å². The lowest BCUT2D eigenvalue weighted by Gasteiger charge is -2.33. The number of benzene rings is 2. The number of fused-ring (bicyclic) bond motifs is 2. The lowest BCUT2D eigenvalue weighted by atomic mass is 9.89. The van der Waals surface area contributed by atoms with Gasteiger partial charge < -0.3 is 24.5 Å². The van der Waals surface area contributed by atoms with Crippen molar-refractivity contribution in [2.75, 3.05) is 0 Å². The molecule has 0 aliphatic carbocycles. The molecule has 0 atom stereocenters. The van der Waals surface area contributed by atoms with Crippen LogP contribution in [0, 0.1) is 0 Å². The van der Waals surface area contributed by atoms with E-state index in [0.29, 0.717) is 17.7 Å². The van der Waals surface area contributed by atoms with Crippen molar-refractivity contribution in [1.29, 1.82) is 0 Å². The summed E-state index contributed by atoms with van der Waals surface area (Å²) in [6, 6.07) is 5.50. The molecule has 0 fully saturated rings. The average Bonchev–Trinajstić information content (AvgIpc) is 2.55. The highest BCUT2D eigenvalue weighted by molar-refractivity contribution is 5.88. The zero-order valence-electron chi connectivity index (χ0n) is 14.4. The quantitative estimate of drug-likeness (QED) is 0.616. The zero-order valence-corrected chi connectivity index (χ0v) is 14.4. The maximum atomic E-state index is 13.0. The number of hydrogen-bond donors (Lipinski definition) is 3. The van der Waals surface area contributed by atoms with Gasteiger partial charge in [0.05, 0.1) is 5.56 Å². The smallest absolute Gasteiger partial charge is 0.204 e. The second-order valence-corrected chi connectivity index (χ2v) is 7.12. The molecule has 0 amide bonds. The lowest BCUT2D eigenvalue weighted by molar-refractivity contribution is 0.0808. The second kappa shape index (κ2) is 5.42. The molecular weight excluding hydrogens is 336 g/mol. The molecule has 0 saturated heterocycles. The number of phenols is 3. The minimum absolute atomic E-state index is 0.000757. The fourth-order valence-electron chi connectivity index (χ4n) is 3.39. The average molecular weight is 354 g/mol. The molecule has 1 aliphatic heterocycles. The van der Waals surface area contributed by atoms with E-state index in [-0.39, 0.29) is 33.8 Å². The van der Waals surface area contributed by atoms with Crippen LogP contribution >= 0.6 is 0 Å². The van der Waals surface area contributed by atoms with E-state index >= 15 is 0 Å². The Bertz CT molecular complexity index is 1090. The van der Waals surface area contributed by atoms with Crippen molar-refractivity contribution in [3.8, 4) is 34.1 Å². The Morgan fingerprint density at radius 2 is 1.81 bits per heavy atom. The fourth-order valence-corrected chi connectivity index (χ4v) is 3.39. The maximum absolute atomic E-state index is 13.0. The standard InChI is InChI=1S/C20H18O6/c1-20(2)6-5-12-11(3-4-14(22)19(12)26-20)13-9-25-16-8-10(21)7-15(23)17(16)18(13)24/h3-4,7-9,21-23H,5-6H2,1-2H3. The Balaban J connectivity index is 1.98. The van der Waals surface area contributed by atoms with Gasteiger partial charge in [-0.05, 0) is 44.4 Å². The molecule has 1 aromatic heterocycles. The van der Waals surface area contributed by atoms with Crippen LogP contribution < -0.4 is 10.2 Å². The first-order valence-corrected chi connectivity index (χ1v) is 8.28. The van der Waals surface area contributed by atoms with Crippen LogP contribution in [-0.4, -0.2) is 20.9 Å². The summed E-state index contributed by atoms with van der Waals surface area (Å²) in [4.78, 5) is 13.0. The van der Waals surface area contributed by atoms with E-state index in [9.17, 15) is 20.1 Å².